The molecule has 5 nitrogen and oxygen atoms in total. The molecule has 164 valence electrons. The number of hydrogen-bond donors (Lipinski definition) is 1. The highest BCUT2D eigenvalue weighted by Gasteiger charge is 2.40. The van der Waals surface area contributed by atoms with Gasteiger partial charge in [-0.3, -0.25) is 4.79 Å². The first-order chi connectivity index (χ1) is 14.2. The minimum Gasteiger partial charge on any atom is -0.370 e. The second kappa shape index (κ2) is 9.74. The Hall–Kier alpha value is -2.20. The molecule has 0 bridgehead atoms. The summed E-state index contributed by atoms with van der Waals surface area (Å²) in [7, 11) is 0. The third kappa shape index (κ3) is 5.91. The Balaban J connectivity index is 1.48. The molecule has 0 unspecified atom stereocenters. The van der Waals surface area contributed by atoms with Gasteiger partial charge in [0.15, 0.2) is 5.13 Å². The number of piperidine rings is 1. The molecule has 1 aromatic carbocycles. The van der Waals surface area contributed by atoms with Gasteiger partial charge in [0.25, 0.3) is 0 Å². The predicted molar refractivity (Wildman–Crippen MR) is 107 cm³/mol. The Morgan fingerprint density at radius 3 is 2.73 bits per heavy atom. The predicted octanol–water partition coefficient (Wildman–Crippen LogP) is 4.72. The molecule has 30 heavy (non-hydrogen) atoms. The third-order valence-corrected chi connectivity index (χ3v) is 5.84. The largest absolute Gasteiger partial charge is 0.370 e. The Kier molecular flexibility index (Phi) is 7.30. The minimum absolute atomic E-state index is 0.104. The molecule has 1 aromatic heterocycles. The number of nitrogens with zero attached hydrogens (tertiary/aromatic N) is 2. The lowest BCUT2D eigenvalue weighted by atomic mass is 9.96. The molecule has 2 aromatic rings. The summed E-state index contributed by atoms with van der Waals surface area (Å²) in [5, 5.41) is 5.81. The van der Waals surface area contributed by atoms with Crippen LogP contribution in [0.2, 0.25) is 0 Å². The molecule has 1 amide bonds. The molecule has 1 fully saturated rings. The summed E-state index contributed by atoms with van der Waals surface area (Å²) in [6.45, 7) is 1.83. The Bertz CT molecular complexity index is 854. The van der Waals surface area contributed by atoms with E-state index in [9.17, 15) is 22.4 Å². The number of halogens is 4. The average molecular weight is 445 g/mol. The number of benzene rings is 1. The van der Waals surface area contributed by atoms with Crippen molar-refractivity contribution in [1.29, 1.82) is 0 Å². The number of aryl methyl sites for hydroxylation is 1. The number of alkyl halides is 4. The molecule has 1 N–H and O–H groups in total. The van der Waals surface area contributed by atoms with E-state index >= 15 is 0 Å². The number of carbonyl (C=O) groups excluding carboxylic acids is 1. The van der Waals surface area contributed by atoms with E-state index in [4.69, 9.17) is 4.74 Å². The van der Waals surface area contributed by atoms with Crippen molar-refractivity contribution in [2.24, 2.45) is 5.92 Å². The quantitative estimate of drug-likeness (QED) is 0.598. The van der Waals surface area contributed by atoms with Crippen LogP contribution >= 0.6 is 11.3 Å². The fourth-order valence-corrected chi connectivity index (χ4v) is 4.03. The Labute approximate surface area is 176 Å². The van der Waals surface area contributed by atoms with Crippen LogP contribution in [0.5, 0.6) is 0 Å². The smallest absolute Gasteiger partial charge is 0.330 e. The van der Waals surface area contributed by atoms with Gasteiger partial charge in [-0.05, 0) is 37.5 Å². The van der Waals surface area contributed by atoms with Crippen molar-refractivity contribution in [2.45, 2.75) is 38.7 Å². The molecular weight excluding hydrogens is 422 g/mol. The third-order valence-electron chi connectivity index (χ3n) is 4.82. The van der Waals surface area contributed by atoms with Crippen LogP contribution in [-0.4, -0.2) is 42.9 Å². The van der Waals surface area contributed by atoms with Crippen molar-refractivity contribution in [3.63, 3.8) is 0 Å². The van der Waals surface area contributed by atoms with E-state index in [0.29, 0.717) is 24.1 Å². The van der Waals surface area contributed by atoms with E-state index < -0.39 is 19.0 Å². The number of rotatable bonds is 8. The maximum Gasteiger partial charge on any atom is 0.330 e. The Morgan fingerprint density at radius 1 is 1.37 bits per heavy atom. The van der Waals surface area contributed by atoms with Crippen molar-refractivity contribution in [3.05, 3.63) is 40.9 Å². The van der Waals surface area contributed by atoms with Crippen LogP contribution in [0.15, 0.2) is 29.6 Å². The number of anilines is 2. The van der Waals surface area contributed by atoms with E-state index in [1.165, 1.54) is 0 Å². The Morgan fingerprint density at radius 2 is 2.10 bits per heavy atom. The van der Waals surface area contributed by atoms with E-state index in [1.54, 1.807) is 35.6 Å². The van der Waals surface area contributed by atoms with Gasteiger partial charge in [0, 0.05) is 30.1 Å². The van der Waals surface area contributed by atoms with Gasteiger partial charge >= 0.3 is 12.3 Å². The fraction of sp³-hybridized carbons (Fsp3) is 0.500. The normalized spacial score (nSPS) is 15.6. The van der Waals surface area contributed by atoms with Crippen LogP contribution in [0.3, 0.4) is 0 Å². The van der Waals surface area contributed by atoms with Crippen molar-refractivity contribution in [1.82, 2.24) is 4.98 Å². The van der Waals surface area contributed by atoms with Gasteiger partial charge in [0.2, 0.25) is 5.91 Å². The number of nitrogens with one attached hydrogen (secondary N) is 1. The molecule has 3 rings (SSSR count). The van der Waals surface area contributed by atoms with Gasteiger partial charge in [0.1, 0.15) is 6.61 Å². The first-order valence-corrected chi connectivity index (χ1v) is 10.4. The number of amides is 1. The number of thiazole rings is 1. The molecule has 0 radical (unpaired) electrons. The summed E-state index contributed by atoms with van der Waals surface area (Å²) in [5.74, 6) is -4.42. The highest BCUT2D eigenvalue weighted by atomic mass is 32.1. The van der Waals surface area contributed by atoms with Crippen molar-refractivity contribution < 1.29 is 27.1 Å². The molecule has 0 aliphatic carbocycles. The standard InChI is InChI=1S/C20H23F4N3O2S/c1-13-11-30-19(25-13)27-7-5-15(6-8-27)17(28)26-16-4-2-3-14(9-16)10-29-12-20(23,24)18(21)22/h2-4,9,11,15,18H,5-8,10,12H2,1H3,(H,26,28). The van der Waals surface area contributed by atoms with Gasteiger partial charge in [-0.15, -0.1) is 11.3 Å². The average Bonchev–Trinajstić information content (AvgIpc) is 3.14. The summed E-state index contributed by atoms with van der Waals surface area (Å²) in [6, 6.07) is 6.53. The zero-order valence-electron chi connectivity index (χ0n) is 16.4. The summed E-state index contributed by atoms with van der Waals surface area (Å²) >= 11 is 1.59. The fourth-order valence-electron chi connectivity index (χ4n) is 3.17. The molecule has 1 aliphatic rings. The zero-order chi connectivity index (χ0) is 21.7. The topological polar surface area (TPSA) is 54.5 Å². The SMILES string of the molecule is Cc1csc(N2CCC(C(=O)Nc3cccc(COCC(F)(F)C(F)F)c3)CC2)n1. The molecule has 10 heteroatoms. The van der Waals surface area contributed by atoms with Crippen LogP contribution in [0, 0.1) is 12.8 Å². The molecule has 1 aliphatic heterocycles. The number of carbonyl (C=O) groups is 1. The highest BCUT2D eigenvalue weighted by Crippen LogP contribution is 2.27. The lowest BCUT2D eigenvalue weighted by molar-refractivity contribution is -0.168. The van der Waals surface area contributed by atoms with Crippen LogP contribution in [0.1, 0.15) is 24.1 Å². The molecule has 0 atom stereocenters. The lowest BCUT2D eigenvalue weighted by Crippen LogP contribution is -2.38. The summed E-state index contributed by atoms with van der Waals surface area (Å²) < 4.78 is 54.9. The molecule has 2 heterocycles. The molecular formula is C20H23F4N3O2S. The summed E-state index contributed by atoms with van der Waals surface area (Å²) in [6.07, 6.45) is -2.36. The molecule has 1 saturated heterocycles. The minimum atomic E-state index is -4.18. The van der Waals surface area contributed by atoms with E-state index in [2.05, 4.69) is 15.2 Å². The number of ether oxygens (including phenoxy) is 1. The van der Waals surface area contributed by atoms with E-state index in [1.807, 2.05) is 12.3 Å². The van der Waals surface area contributed by atoms with Crippen LogP contribution in [0.4, 0.5) is 28.4 Å². The summed E-state index contributed by atoms with van der Waals surface area (Å²) in [5.41, 5.74) is 2.00. The molecule has 0 saturated carbocycles. The second-order valence-corrected chi connectivity index (χ2v) is 8.11. The van der Waals surface area contributed by atoms with E-state index in [0.717, 1.165) is 23.9 Å². The molecule has 0 spiro atoms. The lowest BCUT2D eigenvalue weighted by Gasteiger charge is -2.31. The number of aromatic nitrogens is 1. The maximum atomic E-state index is 12.9. The van der Waals surface area contributed by atoms with Crippen LogP contribution in [0.25, 0.3) is 0 Å². The van der Waals surface area contributed by atoms with Crippen molar-refractivity contribution in [2.75, 3.05) is 29.9 Å². The zero-order valence-corrected chi connectivity index (χ0v) is 17.2. The first-order valence-electron chi connectivity index (χ1n) is 9.55. The van der Waals surface area contributed by atoms with Crippen LogP contribution < -0.4 is 10.2 Å². The van der Waals surface area contributed by atoms with E-state index in [-0.39, 0.29) is 18.4 Å². The monoisotopic (exact) mass is 445 g/mol. The van der Waals surface area contributed by atoms with Gasteiger partial charge in [-0.2, -0.15) is 8.78 Å². The van der Waals surface area contributed by atoms with Crippen molar-refractivity contribution in [3.8, 4) is 0 Å². The number of hydrogen-bond acceptors (Lipinski definition) is 5. The first kappa shape index (κ1) is 22.5. The van der Waals surface area contributed by atoms with Gasteiger partial charge in [-0.25, -0.2) is 13.8 Å². The van der Waals surface area contributed by atoms with Crippen molar-refractivity contribution >= 4 is 28.1 Å². The van der Waals surface area contributed by atoms with Gasteiger partial charge in [0.05, 0.1) is 12.3 Å². The van der Waals surface area contributed by atoms with Crippen LogP contribution in [-0.2, 0) is 16.1 Å². The van der Waals surface area contributed by atoms with Gasteiger partial charge in [-0.1, -0.05) is 12.1 Å². The highest BCUT2D eigenvalue weighted by molar-refractivity contribution is 7.13. The second-order valence-electron chi connectivity index (χ2n) is 7.28. The summed E-state index contributed by atoms with van der Waals surface area (Å²) in [4.78, 5) is 19.2. The maximum absolute atomic E-state index is 12.9. The van der Waals surface area contributed by atoms with Gasteiger partial charge < -0.3 is 15.0 Å².